The van der Waals surface area contributed by atoms with Crippen LogP contribution in [0.1, 0.15) is 19.3 Å². The minimum atomic E-state index is -0.134. The molecule has 1 aliphatic rings. The molecule has 1 atom stereocenters. The molecule has 7 nitrogen and oxygen atoms in total. The number of rotatable bonds is 9. The summed E-state index contributed by atoms with van der Waals surface area (Å²) < 4.78 is 13.7. The molecular weight excluding hydrogens is 498 g/mol. The van der Waals surface area contributed by atoms with Crippen molar-refractivity contribution in [2.24, 2.45) is 0 Å². The molecular formula is C27H28ClN3O4S. The first-order chi connectivity index (χ1) is 17.6. The van der Waals surface area contributed by atoms with Crippen molar-refractivity contribution in [1.82, 2.24) is 14.5 Å². The molecule has 9 heteroatoms. The van der Waals surface area contributed by atoms with Crippen molar-refractivity contribution in [3.63, 3.8) is 0 Å². The van der Waals surface area contributed by atoms with Crippen LogP contribution in [0.5, 0.6) is 11.5 Å². The van der Waals surface area contributed by atoms with Crippen LogP contribution in [0.4, 0.5) is 0 Å². The van der Waals surface area contributed by atoms with Crippen LogP contribution in [0.2, 0.25) is 5.02 Å². The van der Waals surface area contributed by atoms with E-state index >= 15 is 0 Å². The summed E-state index contributed by atoms with van der Waals surface area (Å²) in [5, 5.41) is 10.1. The Hall–Kier alpha value is -2.91. The summed E-state index contributed by atoms with van der Waals surface area (Å²) in [6.07, 6.45) is 4.59. The predicted molar refractivity (Wildman–Crippen MR) is 144 cm³/mol. The summed E-state index contributed by atoms with van der Waals surface area (Å²) in [6, 6.07) is 15.2. The number of hydrogen-bond acceptors (Lipinski definition) is 7. The maximum absolute atomic E-state index is 13.3. The fourth-order valence-electron chi connectivity index (χ4n) is 4.62. The van der Waals surface area contributed by atoms with Gasteiger partial charge in [-0.1, -0.05) is 23.7 Å². The zero-order valence-corrected chi connectivity index (χ0v) is 21.6. The summed E-state index contributed by atoms with van der Waals surface area (Å²) in [4.78, 5) is 21.1. The van der Waals surface area contributed by atoms with E-state index in [9.17, 15) is 9.90 Å². The summed E-state index contributed by atoms with van der Waals surface area (Å²) in [7, 11) is 1.59. The molecule has 1 aliphatic heterocycles. The van der Waals surface area contributed by atoms with Crippen LogP contribution in [-0.4, -0.2) is 59.0 Å². The van der Waals surface area contributed by atoms with Gasteiger partial charge in [-0.05, 0) is 61.7 Å². The van der Waals surface area contributed by atoms with Crippen LogP contribution in [-0.2, 0) is 0 Å². The van der Waals surface area contributed by atoms with Gasteiger partial charge >= 0.3 is 0 Å². The van der Waals surface area contributed by atoms with Crippen molar-refractivity contribution in [1.29, 1.82) is 0 Å². The third-order valence-electron chi connectivity index (χ3n) is 6.55. The van der Waals surface area contributed by atoms with Crippen molar-refractivity contribution in [3.8, 4) is 27.6 Å². The normalized spacial score (nSPS) is 16.0. The Labute approximate surface area is 218 Å². The van der Waals surface area contributed by atoms with Crippen LogP contribution in [0.3, 0.4) is 0 Å². The van der Waals surface area contributed by atoms with Crippen LogP contribution >= 0.6 is 22.9 Å². The third kappa shape index (κ3) is 5.13. The van der Waals surface area contributed by atoms with Crippen LogP contribution < -0.4 is 15.0 Å². The van der Waals surface area contributed by atoms with Gasteiger partial charge in [-0.15, -0.1) is 11.3 Å². The average Bonchev–Trinajstić information content (AvgIpc) is 3.55. The molecule has 0 radical (unpaired) electrons. The number of aliphatic hydroxyl groups is 1. The second-order valence-corrected chi connectivity index (χ2v) is 10.3. The van der Waals surface area contributed by atoms with Crippen molar-refractivity contribution < 1.29 is 14.6 Å². The highest BCUT2D eigenvalue weighted by molar-refractivity contribution is 7.22. The topological polar surface area (TPSA) is 76.8 Å². The van der Waals surface area contributed by atoms with Gasteiger partial charge in [-0.2, -0.15) is 0 Å². The monoisotopic (exact) mass is 525 g/mol. The van der Waals surface area contributed by atoms with E-state index in [1.54, 1.807) is 19.5 Å². The molecule has 0 aliphatic carbocycles. The van der Waals surface area contributed by atoms with E-state index in [1.165, 1.54) is 15.9 Å². The Kier molecular flexibility index (Phi) is 7.57. The van der Waals surface area contributed by atoms with Crippen LogP contribution in [0, 0.1) is 0 Å². The van der Waals surface area contributed by atoms with E-state index in [0.717, 1.165) is 42.8 Å². The van der Waals surface area contributed by atoms with Gasteiger partial charge < -0.3 is 14.6 Å². The zero-order valence-electron chi connectivity index (χ0n) is 20.0. The lowest BCUT2D eigenvalue weighted by Gasteiger charge is -2.22. The van der Waals surface area contributed by atoms with E-state index in [0.29, 0.717) is 39.0 Å². The van der Waals surface area contributed by atoms with Gasteiger partial charge in [0.25, 0.3) is 5.56 Å². The number of thiophene rings is 1. The van der Waals surface area contributed by atoms with Gasteiger partial charge in [0.1, 0.15) is 11.0 Å². The van der Waals surface area contributed by atoms with Crippen LogP contribution in [0.15, 0.2) is 59.7 Å². The second-order valence-electron chi connectivity index (χ2n) is 8.80. The lowest BCUT2D eigenvalue weighted by molar-refractivity contribution is 0.150. The molecule has 1 saturated heterocycles. The molecule has 5 rings (SSSR count). The number of methoxy groups -OCH3 is 1. The molecule has 0 amide bonds. The Bertz CT molecular complexity index is 1400. The number of hydrogen-bond donors (Lipinski definition) is 1. The molecule has 1 N–H and O–H groups in total. The number of benzene rings is 2. The maximum Gasteiger partial charge on any atom is 0.275 e. The van der Waals surface area contributed by atoms with Crippen molar-refractivity contribution in [2.75, 3.05) is 33.4 Å². The lowest BCUT2D eigenvalue weighted by atomic mass is 10.2. The van der Waals surface area contributed by atoms with Gasteiger partial charge in [0.2, 0.25) is 0 Å². The van der Waals surface area contributed by atoms with E-state index in [1.807, 2.05) is 42.5 Å². The lowest BCUT2D eigenvalue weighted by Crippen LogP contribution is -2.33. The highest BCUT2D eigenvalue weighted by Crippen LogP contribution is 2.33. The van der Waals surface area contributed by atoms with E-state index in [-0.39, 0.29) is 18.2 Å². The molecule has 0 spiro atoms. The molecule has 36 heavy (non-hydrogen) atoms. The fraction of sp³-hybridized carbons (Fsp3) is 0.333. The minimum Gasteiger partial charge on any atom is -0.493 e. The number of ether oxygens (including phenoxy) is 2. The van der Waals surface area contributed by atoms with Crippen molar-refractivity contribution >= 4 is 33.2 Å². The first kappa shape index (κ1) is 24.8. The van der Waals surface area contributed by atoms with Crippen molar-refractivity contribution in [3.05, 3.63) is 70.2 Å². The molecule has 2 aromatic carbocycles. The molecule has 0 saturated carbocycles. The number of aliphatic hydroxyl groups excluding tert-OH is 1. The van der Waals surface area contributed by atoms with E-state index < -0.39 is 0 Å². The molecule has 0 bridgehead atoms. The average molecular weight is 526 g/mol. The summed E-state index contributed by atoms with van der Waals surface area (Å²) >= 11 is 7.42. The molecule has 4 aromatic rings. The molecule has 188 valence electrons. The van der Waals surface area contributed by atoms with E-state index in [4.69, 9.17) is 21.1 Å². The number of likely N-dealkylation sites (tertiary alicyclic amines) is 1. The SMILES string of the molecule is COc1cc(-n2cnc3cc(-c4ccc(Cl)cc4)sc3c2=O)ccc1OCCCN1CCC[C@H]1CO. The smallest absolute Gasteiger partial charge is 0.275 e. The fourth-order valence-corrected chi connectivity index (χ4v) is 5.80. The summed E-state index contributed by atoms with van der Waals surface area (Å²) in [6.45, 7) is 2.68. The maximum atomic E-state index is 13.3. The molecule has 1 fully saturated rings. The first-order valence-electron chi connectivity index (χ1n) is 12.0. The molecule has 0 unspecified atom stereocenters. The quantitative estimate of drug-likeness (QED) is 0.310. The third-order valence-corrected chi connectivity index (χ3v) is 7.96. The Balaban J connectivity index is 1.32. The van der Waals surface area contributed by atoms with Gasteiger partial charge in [0.15, 0.2) is 11.5 Å². The Morgan fingerprint density at radius 1 is 1.17 bits per heavy atom. The molecule has 3 heterocycles. The number of nitrogens with zero attached hydrogens (tertiary/aromatic N) is 3. The van der Waals surface area contributed by atoms with Gasteiger partial charge in [0, 0.05) is 28.6 Å². The summed E-state index contributed by atoms with van der Waals surface area (Å²) in [5.74, 6) is 1.19. The predicted octanol–water partition coefficient (Wildman–Crippen LogP) is 5.00. The van der Waals surface area contributed by atoms with Crippen molar-refractivity contribution in [2.45, 2.75) is 25.3 Å². The van der Waals surface area contributed by atoms with Gasteiger partial charge in [-0.25, -0.2) is 4.98 Å². The first-order valence-corrected chi connectivity index (χ1v) is 13.2. The Morgan fingerprint density at radius 2 is 2.00 bits per heavy atom. The van der Waals surface area contributed by atoms with Crippen LogP contribution in [0.25, 0.3) is 26.3 Å². The number of fused-ring (bicyclic) bond motifs is 1. The zero-order chi connectivity index (χ0) is 25.1. The van der Waals surface area contributed by atoms with Gasteiger partial charge in [-0.3, -0.25) is 14.3 Å². The van der Waals surface area contributed by atoms with E-state index in [2.05, 4.69) is 9.88 Å². The van der Waals surface area contributed by atoms with Gasteiger partial charge in [0.05, 0.1) is 31.5 Å². The summed E-state index contributed by atoms with van der Waals surface area (Å²) in [5.41, 5.74) is 2.18. The highest BCUT2D eigenvalue weighted by Gasteiger charge is 2.23. The number of halogens is 1. The minimum absolute atomic E-state index is 0.134. The largest absolute Gasteiger partial charge is 0.493 e. The Morgan fingerprint density at radius 3 is 2.78 bits per heavy atom. The standard InChI is InChI=1S/C27H28ClN3O4S/c1-34-24-14-20(9-10-23(24)35-13-3-12-30-11-2-4-21(30)16-32)31-17-29-22-15-25(36-26(22)27(31)33)18-5-7-19(28)8-6-18/h5-10,14-15,17,21,32H,2-4,11-13,16H2,1H3/t21-/m0/s1. The molecule has 2 aromatic heterocycles. The number of aromatic nitrogens is 2. The second kappa shape index (κ2) is 11.0. The highest BCUT2D eigenvalue weighted by atomic mass is 35.5.